The topological polar surface area (TPSA) is 35.1 Å². The normalized spacial score (nSPS) is 10.6. The fourth-order valence-corrected chi connectivity index (χ4v) is 0.667. The minimum absolute atomic E-state index is 0. The zero-order valence-corrected chi connectivity index (χ0v) is 13.7. The van der Waals surface area contributed by atoms with Gasteiger partial charge in [-0.3, -0.25) is 0 Å². The molecule has 1 N–H and O–H groups in total. The Morgan fingerprint density at radius 1 is 0.923 bits per heavy atom. The van der Waals surface area contributed by atoms with E-state index >= 15 is 0 Å². The summed E-state index contributed by atoms with van der Waals surface area (Å²) in [6, 6.07) is 1.25. The molecular weight excluding hydrogens is 189 g/mol. The molecule has 0 amide bonds. The monoisotopic (exact) mass is 213 g/mol. The molecule has 0 aromatic rings. The maximum absolute atomic E-state index is 10.1. The molecule has 2 nitrogen and oxygen atoms in total. The Balaban J connectivity index is -0.000000150. The molecular formula is C10H24KNO. The minimum atomic E-state index is -0.750. The summed E-state index contributed by atoms with van der Waals surface area (Å²) in [5, 5.41) is 13.4. The van der Waals surface area contributed by atoms with Gasteiger partial charge in [0.05, 0.1) is 0 Å². The van der Waals surface area contributed by atoms with Crippen LogP contribution in [0.4, 0.5) is 0 Å². The van der Waals surface area contributed by atoms with Crippen LogP contribution in [-0.4, -0.2) is 17.7 Å². The van der Waals surface area contributed by atoms with Crippen LogP contribution < -0.4 is 61.8 Å². The first kappa shape index (κ1) is 20.0. The first-order valence-electron chi connectivity index (χ1n) is 4.59. The van der Waals surface area contributed by atoms with Gasteiger partial charge < -0.3 is 10.4 Å². The predicted octanol–water partition coefficient (Wildman–Crippen LogP) is -1.46. The molecule has 0 fully saturated rings. The van der Waals surface area contributed by atoms with Gasteiger partial charge in [0.2, 0.25) is 0 Å². The fraction of sp³-hybridized carbons (Fsp3) is 1.00. The van der Waals surface area contributed by atoms with E-state index in [9.17, 15) is 5.11 Å². The molecule has 0 saturated heterocycles. The minimum Gasteiger partial charge on any atom is -0.850 e. The Labute approximate surface area is 126 Å². The van der Waals surface area contributed by atoms with E-state index in [1.54, 1.807) is 20.8 Å². The van der Waals surface area contributed by atoms with Crippen molar-refractivity contribution in [2.24, 2.45) is 0 Å². The van der Waals surface area contributed by atoms with E-state index in [-0.39, 0.29) is 51.4 Å². The van der Waals surface area contributed by atoms with Crippen LogP contribution in [0.25, 0.3) is 0 Å². The Kier molecular flexibility index (Phi) is 15.5. The smallest absolute Gasteiger partial charge is 0.850 e. The van der Waals surface area contributed by atoms with Crippen molar-refractivity contribution in [2.75, 3.05) is 0 Å². The van der Waals surface area contributed by atoms with Gasteiger partial charge in [0.15, 0.2) is 0 Å². The summed E-state index contributed by atoms with van der Waals surface area (Å²) in [7, 11) is 0. The average molecular weight is 213 g/mol. The summed E-state index contributed by atoms with van der Waals surface area (Å²) >= 11 is 0. The molecule has 0 atom stereocenters. The third kappa shape index (κ3) is 58.6. The zero-order valence-electron chi connectivity index (χ0n) is 10.6. The van der Waals surface area contributed by atoms with Crippen LogP contribution in [0.15, 0.2) is 0 Å². The molecule has 0 unspecified atom stereocenters. The standard InChI is InChI=1S/C6H15N.C4H9O.K/c1-5(2)7-6(3)4;1-4(2,3)5;/h5-7H,1-4H3;1-3H3;/q;-1;+1. The largest absolute Gasteiger partial charge is 1.00 e. The molecule has 3 heteroatoms. The second-order valence-corrected chi connectivity index (χ2v) is 4.59. The number of hydrogen-bond acceptors (Lipinski definition) is 2. The Bertz CT molecular complexity index is 85.6. The number of rotatable bonds is 2. The molecule has 0 saturated carbocycles. The SMILES string of the molecule is CC(C)(C)[O-].CC(C)NC(C)C.[K+]. The Hall–Kier alpha value is 1.56. The van der Waals surface area contributed by atoms with Gasteiger partial charge in [-0.25, -0.2) is 0 Å². The van der Waals surface area contributed by atoms with E-state index in [4.69, 9.17) is 0 Å². The summed E-state index contributed by atoms with van der Waals surface area (Å²) in [6.45, 7) is 13.5. The second-order valence-electron chi connectivity index (χ2n) is 4.59. The second kappa shape index (κ2) is 10.1. The van der Waals surface area contributed by atoms with Gasteiger partial charge in [-0.05, 0) is 0 Å². The van der Waals surface area contributed by atoms with Crippen LogP contribution in [0.5, 0.6) is 0 Å². The maximum Gasteiger partial charge on any atom is 1.00 e. The molecule has 0 aliphatic heterocycles. The average Bonchev–Trinajstić information content (AvgIpc) is 1.52. The maximum atomic E-state index is 10.1. The number of nitrogens with one attached hydrogen (secondary N) is 1. The molecule has 0 bridgehead atoms. The van der Waals surface area contributed by atoms with Crippen LogP contribution in [0.2, 0.25) is 0 Å². The molecule has 0 aliphatic rings. The van der Waals surface area contributed by atoms with E-state index in [2.05, 4.69) is 33.0 Å². The van der Waals surface area contributed by atoms with E-state index < -0.39 is 5.60 Å². The van der Waals surface area contributed by atoms with Gasteiger partial charge in [0.25, 0.3) is 0 Å². The van der Waals surface area contributed by atoms with E-state index in [1.165, 1.54) is 0 Å². The van der Waals surface area contributed by atoms with E-state index in [0.29, 0.717) is 12.1 Å². The molecule has 0 aromatic heterocycles. The van der Waals surface area contributed by atoms with E-state index in [0.717, 1.165) is 0 Å². The van der Waals surface area contributed by atoms with Crippen LogP contribution in [0.3, 0.4) is 0 Å². The zero-order chi connectivity index (χ0) is 10.4. The van der Waals surface area contributed by atoms with Gasteiger partial charge in [-0.1, -0.05) is 48.5 Å². The number of hydrogen-bond donors (Lipinski definition) is 1. The van der Waals surface area contributed by atoms with Crippen molar-refractivity contribution >= 4 is 0 Å². The van der Waals surface area contributed by atoms with Crippen molar-refractivity contribution in [2.45, 2.75) is 66.2 Å². The summed E-state index contributed by atoms with van der Waals surface area (Å²) < 4.78 is 0. The van der Waals surface area contributed by atoms with Gasteiger partial charge in [0.1, 0.15) is 0 Å². The van der Waals surface area contributed by atoms with Crippen LogP contribution in [0, 0.1) is 0 Å². The van der Waals surface area contributed by atoms with Crippen molar-refractivity contribution in [3.05, 3.63) is 0 Å². The van der Waals surface area contributed by atoms with Crippen molar-refractivity contribution < 1.29 is 56.5 Å². The van der Waals surface area contributed by atoms with Crippen molar-refractivity contribution in [1.29, 1.82) is 0 Å². The molecule has 0 aliphatic carbocycles. The van der Waals surface area contributed by atoms with Crippen LogP contribution in [0.1, 0.15) is 48.5 Å². The van der Waals surface area contributed by atoms with Gasteiger partial charge in [-0.15, -0.1) is 5.60 Å². The van der Waals surface area contributed by atoms with Gasteiger partial charge in [0, 0.05) is 12.1 Å². The fourth-order valence-electron chi connectivity index (χ4n) is 0.667. The summed E-state index contributed by atoms with van der Waals surface area (Å²) in [5.74, 6) is 0. The van der Waals surface area contributed by atoms with Crippen molar-refractivity contribution in [3.8, 4) is 0 Å². The quantitative estimate of drug-likeness (QED) is 0.569. The molecule has 0 rings (SSSR count). The summed E-state index contributed by atoms with van der Waals surface area (Å²) in [5.41, 5.74) is -0.750. The Morgan fingerprint density at radius 3 is 1.08 bits per heavy atom. The van der Waals surface area contributed by atoms with Gasteiger partial charge >= 0.3 is 51.4 Å². The summed E-state index contributed by atoms with van der Waals surface area (Å²) in [6.07, 6.45) is 0. The molecule has 0 radical (unpaired) electrons. The van der Waals surface area contributed by atoms with Gasteiger partial charge in [-0.2, -0.15) is 0 Å². The Morgan fingerprint density at radius 2 is 1.08 bits per heavy atom. The molecule has 13 heavy (non-hydrogen) atoms. The van der Waals surface area contributed by atoms with Crippen molar-refractivity contribution in [3.63, 3.8) is 0 Å². The van der Waals surface area contributed by atoms with E-state index in [1.807, 2.05) is 0 Å². The third-order valence-corrected chi connectivity index (χ3v) is 0.667. The molecule has 0 aromatic carbocycles. The van der Waals surface area contributed by atoms with Crippen molar-refractivity contribution in [1.82, 2.24) is 5.32 Å². The van der Waals surface area contributed by atoms with Crippen LogP contribution >= 0.6 is 0 Å². The third-order valence-electron chi connectivity index (χ3n) is 0.667. The molecule has 0 heterocycles. The predicted molar refractivity (Wildman–Crippen MR) is 53.2 cm³/mol. The molecule has 0 spiro atoms. The van der Waals surface area contributed by atoms with Crippen LogP contribution in [-0.2, 0) is 0 Å². The molecule has 76 valence electrons. The first-order chi connectivity index (χ1) is 5.13. The first-order valence-corrected chi connectivity index (χ1v) is 4.59. The summed E-state index contributed by atoms with van der Waals surface area (Å²) in [4.78, 5) is 0.